The second-order valence-corrected chi connectivity index (χ2v) is 6.99. The van der Waals surface area contributed by atoms with Crippen LogP contribution in [0, 0.1) is 12.3 Å². The highest BCUT2D eigenvalue weighted by molar-refractivity contribution is 5.43. The van der Waals surface area contributed by atoms with Crippen molar-refractivity contribution in [2.75, 3.05) is 44.7 Å². The summed E-state index contributed by atoms with van der Waals surface area (Å²) in [6.45, 7) is 8.32. The first-order valence-corrected chi connectivity index (χ1v) is 8.72. The summed E-state index contributed by atoms with van der Waals surface area (Å²) in [5.74, 6) is 0. The highest BCUT2D eigenvalue weighted by atomic mass is 16.5. The van der Waals surface area contributed by atoms with Gasteiger partial charge < -0.3 is 10.1 Å². The summed E-state index contributed by atoms with van der Waals surface area (Å²) in [4.78, 5) is 6.89. The first kappa shape index (κ1) is 15.8. The van der Waals surface area contributed by atoms with Gasteiger partial charge in [-0.25, -0.2) is 0 Å². The average Bonchev–Trinajstić information content (AvgIpc) is 2.55. The molecule has 1 saturated heterocycles. The largest absolute Gasteiger partial charge is 0.384 e. The van der Waals surface area contributed by atoms with E-state index in [-0.39, 0.29) is 0 Å². The van der Waals surface area contributed by atoms with Gasteiger partial charge in [0.1, 0.15) is 0 Å². The van der Waals surface area contributed by atoms with Crippen LogP contribution in [0.2, 0.25) is 0 Å². The lowest BCUT2D eigenvalue weighted by molar-refractivity contribution is 0.0103. The van der Waals surface area contributed by atoms with E-state index in [2.05, 4.69) is 34.3 Å². The van der Waals surface area contributed by atoms with Gasteiger partial charge in [-0.2, -0.15) is 0 Å². The lowest BCUT2D eigenvalue weighted by Gasteiger charge is -2.42. The molecule has 2 heterocycles. The Morgan fingerprint density at radius 1 is 1.23 bits per heavy atom. The minimum absolute atomic E-state index is 0.423. The number of anilines is 1. The van der Waals surface area contributed by atoms with E-state index in [1.54, 1.807) is 0 Å². The number of aryl methyl sites for hydroxylation is 1. The molecule has 4 heteroatoms. The van der Waals surface area contributed by atoms with Crippen molar-refractivity contribution in [3.8, 4) is 0 Å². The third-order valence-corrected chi connectivity index (χ3v) is 5.14. The smallest absolute Gasteiger partial charge is 0.0594 e. The van der Waals surface area contributed by atoms with Crippen molar-refractivity contribution < 1.29 is 4.74 Å². The van der Waals surface area contributed by atoms with Gasteiger partial charge in [-0.05, 0) is 31.9 Å². The van der Waals surface area contributed by atoms with Crippen LogP contribution < -0.4 is 5.32 Å². The molecule has 0 radical (unpaired) electrons. The number of nitrogens with zero attached hydrogens (tertiary/aromatic N) is 2. The summed E-state index contributed by atoms with van der Waals surface area (Å²) >= 11 is 0. The molecule has 1 aliphatic carbocycles. The van der Waals surface area contributed by atoms with Gasteiger partial charge in [0.25, 0.3) is 0 Å². The van der Waals surface area contributed by atoms with Gasteiger partial charge in [0.05, 0.1) is 13.2 Å². The standard InChI is InChI=1S/C18H29N3O/c1-16-13-17(5-8-19-16)20-14-18(6-3-2-4-7-18)15-21-9-11-22-12-10-21/h5,8,13H,2-4,6-7,9-12,14-15H2,1H3,(H,19,20). The molecule has 1 saturated carbocycles. The van der Waals surface area contributed by atoms with Gasteiger partial charge in [0.2, 0.25) is 0 Å². The van der Waals surface area contributed by atoms with Gasteiger partial charge in [-0.1, -0.05) is 19.3 Å². The van der Waals surface area contributed by atoms with Crippen LogP contribution in [0.1, 0.15) is 37.8 Å². The molecule has 22 heavy (non-hydrogen) atoms. The number of morpholine rings is 1. The summed E-state index contributed by atoms with van der Waals surface area (Å²) in [7, 11) is 0. The molecule has 0 atom stereocenters. The van der Waals surface area contributed by atoms with Crippen molar-refractivity contribution >= 4 is 5.69 Å². The fourth-order valence-corrected chi connectivity index (χ4v) is 3.87. The Labute approximate surface area is 134 Å². The minimum atomic E-state index is 0.423. The molecular weight excluding hydrogens is 274 g/mol. The number of aromatic nitrogens is 1. The van der Waals surface area contributed by atoms with E-state index in [0.717, 1.165) is 38.5 Å². The van der Waals surface area contributed by atoms with E-state index in [9.17, 15) is 0 Å². The van der Waals surface area contributed by atoms with Crippen LogP contribution in [0.3, 0.4) is 0 Å². The molecule has 0 aromatic carbocycles. The highest BCUT2D eigenvalue weighted by Gasteiger charge is 2.34. The molecule has 0 bridgehead atoms. The zero-order valence-electron chi connectivity index (χ0n) is 13.8. The van der Waals surface area contributed by atoms with Crippen molar-refractivity contribution in [2.24, 2.45) is 5.41 Å². The second-order valence-electron chi connectivity index (χ2n) is 6.99. The SMILES string of the molecule is Cc1cc(NCC2(CN3CCOCC3)CCCCC2)ccn1. The Bertz CT molecular complexity index is 465. The van der Waals surface area contributed by atoms with E-state index in [1.807, 2.05) is 6.20 Å². The fourth-order valence-electron chi connectivity index (χ4n) is 3.87. The van der Waals surface area contributed by atoms with Crippen LogP contribution in [-0.4, -0.2) is 49.3 Å². The fraction of sp³-hybridized carbons (Fsp3) is 0.722. The Hall–Kier alpha value is -1.13. The molecule has 2 aliphatic rings. The predicted molar refractivity (Wildman–Crippen MR) is 90.2 cm³/mol. The lowest BCUT2D eigenvalue weighted by atomic mass is 9.73. The van der Waals surface area contributed by atoms with Gasteiger partial charge in [-0.15, -0.1) is 0 Å². The first-order chi connectivity index (χ1) is 10.8. The van der Waals surface area contributed by atoms with Gasteiger partial charge >= 0.3 is 0 Å². The van der Waals surface area contributed by atoms with Crippen molar-refractivity contribution in [3.63, 3.8) is 0 Å². The third-order valence-electron chi connectivity index (χ3n) is 5.14. The van der Waals surface area contributed by atoms with Crippen molar-refractivity contribution in [1.82, 2.24) is 9.88 Å². The van der Waals surface area contributed by atoms with E-state index in [1.165, 1.54) is 44.3 Å². The van der Waals surface area contributed by atoms with Crippen molar-refractivity contribution in [1.29, 1.82) is 0 Å². The number of hydrogen-bond acceptors (Lipinski definition) is 4. The summed E-state index contributed by atoms with van der Waals surface area (Å²) in [6.07, 6.45) is 8.75. The van der Waals surface area contributed by atoms with Crippen molar-refractivity contribution in [2.45, 2.75) is 39.0 Å². The predicted octanol–water partition coefficient (Wildman–Crippen LogP) is 3.08. The molecule has 3 rings (SSSR count). The minimum Gasteiger partial charge on any atom is -0.384 e. The van der Waals surface area contributed by atoms with Crippen LogP contribution in [-0.2, 0) is 4.74 Å². The van der Waals surface area contributed by atoms with Crippen molar-refractivity contribution in [3.05, 3.63) is 24.0 Å². The summed E-state index contributed by atoms with van der Waals surface area (Å²) in [5.41, 5.74) is 2.71. The highest BCUT2D eigenvalue weighted by Crippen LogP contribution is 2.37. The molecule has 0 unspecified atom stereocenters. The van der Waals surface area contributed by atoms with Crippen LogP contribution in [0.15, 0.2) is 18.3 Å². The zero-order chi connectivity index (χ0) is 15.3. The number of ether oxygens (including phenoxy) is 1. The number of rotatable bonds is 5. The molecule has 2 fully saturated rings. The number of nitrogens with one attached hydrogen (secondary N) is 1. The number of hydrogen-bond donors (Lipinski definition) is 1. The quantitative estimate of drug-likeness (QED) is 0.907. The molecule has 1 aromatic rings. The molecule has 0 amide bonds. The van der Waals surface area contributed by atoms with E-state index in [4.69, 9.17) is 4.74 Å². The van der Waals surface area contributed by atoms with Crippen LogP contribution in [0.25, 0.3) is 0 Å². The lowest BCUT2D eigenvalue weighted by Crippen LogP contribution is -2.47. The number of pyridine rings is 1. The molecule has 1 N–H and O–H groups in total. The molecule has 1 aromatic heterocycles. The Kier molecular flexibility index (Phi) is 5.32. The Balaban J connectivity index is 1.63. The maximum Gasteiger partial charge on any atom is 0.0594 e. The summed E-state index contributed by atoms with van der Waals surface area (Å²) in [6, 6.07) is 4.23. The Morgan fingerprint density at radius 3 is 2.73 bits per heavy atom. The van der Waals surface area contributed by atoms with Gasteiger partial charge in [0.15, 0.2) is 0 Å². The van der Waals surface area contributed by atoms with Crippen LogP contribution >= 0.6 is 0 Å². The first-order valence-electron chi connectivity index (χ1n) is 8.72. The van der Waals surface area contributed by atoms with Crippen LogP contribution in [0.5, 0.6) is 0 Å². The molecule has 1 aliphatic heterocycles. The summed E-state index contributed by atoms with van der Waals surface area (Å²) < 4.78 is 5.50. The zero-order valence-corrected chi connectivity index (χ0v) is 13.8. The van der Waals surface area contributed by atoms with Crippen LogP contribution in [0.4, 0.5) is 5.69 Å². The van der Waals surface area contributed by atoms with Gasteiger partial charge in [-0.3, -0.25) is 9.88 Å². The maximum atomic E-state index is 5.50. The molecule has 4 nitrogen and oxygen atoms in total. The summed E-state index contributed by atoms with van der Waals surface area (Å²) in [5, 5.41) is 3.69. The monoisotopic (exact) mass is 303 g/mol. The molecule has 0 spiro atoms. The van der Waals surface area contributed by atoms with E-state index >= 15 is 0 Å². The topological polar surface area (TPSA) is 37.4 Å². The third kappa shape index (κ3) is 4.20. The van der Waals surface area contributed by atoms with E-state index < -0.39 is 0 Å². The van der Waals surface area contributed by atoms with E-state index in [0.29, 0.717) is 5.41 Å². The van der Waals surface area contributed by atoms with Gasteiger partial charge in [0, 0.05) is 49.2 Å². The Morgan fingerprint density at radius 2 is 2.00 bits per heavy atom. The molecule has 122 valence electrons. The maximum absolute atomic E-state index is 5.50. The normalized spacial score (nSPS) is 22.4. The second kappa shape index (κ2) is 7.42. The molecular formula is C18H29N3O. The average molecular weight is 303 g/mol.